The molecule has 2 heterocycles. The molecule has 4 rings (SSSR count). The highest BCUT2D eigenvalue weighted by Crippen LogP contribution is 2.43. The van der Waals surface area contributed by atoms with Gasteiger partial charge >= 0.3 is 0 Å². The molecule has 1 saturated carbocycles. The Morgan fingerprint density at radius 3 is 2.76 bits per heavy atom. The first-order valence-corrected chi connectivity index (χ1v) is 9.53. The molecule has 0 radical (unpaired) electrons. The molecule has 2 saturated heterocycles. The van der Waals surface area contributed by atoms with Crippen LogP contribution in [0.5, 0.6) is 0 Å². The van der Waals surface area contributed by atoms with E-state index in [0.717, 1.165) is 12.5 Å². The van der Waals surface area contributed by atoms with Crippen LogP contribution in [0, 0.1) is 0 Å². The Hall–Kier alpha value is -0.510. The Labute approximate surface area is 132 Å². The van der Waals surface area contributed by atoms with Crippen molar-refractivity contribution >= 4 is 11.8 Å². The summed E-state index contributed by atoms with van der Waals surface area (Å²) in [7, 11) is 0. The van der Waals surface area contributed by atoms with Crippen molar-refractivity contribution in [1.29, 1.82) is 0 Å². The van der Waals surface area contributed by atoms with Crippen LogP contribution in [-0.4, -0.2) is 35.8 Å². The average Bonchev–Trinajstić information content (AvgIpc) is 3.28. The molecule has 3 heteroatoms. The van der Waals surface area contributed by atoms with Crippen molar-refractivity contribution in [3.63, 3.8) is 0 Å². The number of rotatable bonds is 3. The molecule has 1 aromatic rings. The highest BCUT2D eigenvalue weighted by Gasteiger charge is 2.43. The molecule has 3 fully saturated rings. The largest absolute Gasteiger partial charge is 0.375 e. The van der Waals surface area contributed by atoms with Crippen LogP contribution in [0.2, 0.25) is 0 Å². The summed E-state index contributed by atoms with van der Waals surface area (Å²) < 4.78 is 6.20. The van der Waals surface area contributed by atoms with E-state index in [0.29, 0.717) is 12.1 Å². The van der Waals surface area contributed by atoms with Crippen molar-refractivity contribution in [3.05, 3.63) is 35.9 Å². The monoisotopic (exact) mass is 303 g/mol. The molecule has 3 aliphatic rings. The van der Waals surface area contributed by atoms with Crippen molar-refractivity contribution < 1.29 is 4.74 Å². The quantitative estimate of drug-likeness (QED) is 0.922. The number of hydrogen-bond donors (Lipinski definition) is 1. The molecule has 0 aromatic heterocycles. The topological polar surface area (TPSA) is 21.3 Å². The van der Waals surface area contributed by atoms with Gasteiger partial charge in [-0.15, -0.1) is 0 Å². The van der Waals surface area contributed by atoms with Gasteiger partial charge in [0.2, 0.25) is 0 Å². The van der Waals surface area contributed by atoms with Crippen molar-refractivity contribution in [3.8, 4) is 0 Å². The second kappa shape index (κ2) is 5.94. The van der Waals surface area contributed by atoms with E-state index >= 15 is 0 Å². The van der Waals surface area contributed by atoms with E-state index in [4.69, 9.17) is 4.74 Å². The third kappa shape index (κ3) is 3.15. The van der Waals surface area contributed by atoms with Crippen LogP contribution in [0.3, 0.4) is 0 Å². The zero-order valence-corrected chi connectivity index (χ0v) is 13.4. The predicted octanol–water partition coefficient (Wildman–Crippen LogP) is 3.58. The fourth-order valence-electron chi connectivity index (χ4n) is 4.01. The second-order valence-corrected chi connectivity index (χ2v) is 8.08. The molecule has 1 spiro atoms. The highest BCUT2D eigenvalue weighted by molar-refractivity contribution is 7.99. The van der Waals surface area contributed by atoms with Gasteiger partial charge in [0.25, 0.3) is 0 Å². The van der Waals surface area contributed by atoms with Gasteiger partial charge in [-0.25, -0.2) is 0 Å². The zero-order chi connectivity index (χ0) is 14.1. The Morgan fingerprint density at radius 2 is 1.95 bits per heavy atom. The maximum atomic E-state index is 6.20. The average molecular weight is 303 g/mol. The molecular formula is C18H25NOS. The summed E-state index contributed by atoms with van der Waals surface area (Å²) in [6.45, 7) is 0.949. The third-order valence-corrected chi connectivity index (χ3v) is 6.35. The SMILES string of the molecule is c1ccc(C2CC2NC2CCOC3(CCSCC3)C2)cc1. The third-order valence-electron chi connectivity index (χ3n) is 5.36. The van der Waals surface area contributed by atoms with Gasteiger partial charge in [-0.3, -0.25) is 0 Å². The molecule has 0 amide bonds. The number of hydrogen-bond acceptors (Lipinski definition) is 3. The van der Waals surface area contributed by atoms with Crippen LogP contribution in [0.4, 0.5) is 0 Å². The molecule has 2 nitrogen and oxygen atoms in total. The molecule has 1 N–H and O–H groups in total. The van der Waals surface area contributed by atoms with Gasteiger partial charge in [0.1, 0.15) is 0 Å². The summed E-state index contributed by atoms with van der Waals surface area (Å²) in [5.41, 5.74) is 1.71. The number of thioether (sulfide) groups is 1. The molecular weight excluding hydrogens is 278 g/mol. The van der Waals surface area contributed by atoms with Crippen LogP contribution in [0.25, 0.3) is 0 Å². The maximum Gasteiger partial charge on any atom is 0.0713 e. The van der Waals surface area contributed by atoms with E-state index in [1.165, 1.54) is 49.2 Å². The van der Waals surface area contributed by atoms with Gasteiger partial charge in [-0.1, -0.05) is 30.3 Å². The van der Waals surface area contributed by atoms with Gasteiger partial charge in [0.15, 0.2) is 0 Å². The van der Waals surface area contributed by atoms with Crippen LogP contribution in [0.15, 0.2) is 30.3 Å². The fraction of sp³-hybridized carbons (Fsp3) is 0.667. The van der Waals surface area contributed by atoms with Crippen LogP contribution in [-0.2, 0) is 4.74 Å². The lowest BCUT2D eigenvalue weighted by Gasteiger charge is -2.43. The van der Waals surface area contributed by atoms with Gasteiger partial charge in [0.05, 0.1) is 5.60 Å². The standard InChI is InChI=1S/C18H25NOS/c1-2-4-14(5-3-1)16-12-17(16)19-15-6-9-20-18(13-15)7-10-21-11-8-18/h1-5,15-17,19H,6-13H2. The van der Waals surface area contributed by atoms with E-state index in [1.807, 2.05) is 0 Å². The molecule has 1 aromatic carbocycles. The zero-order valence-electron chi connectivity index (χ0n) is 12.6. The minimum atomic E-state index is 0.207. The van der Waals surface area contributed by atoms with E-state index in [1.54, 1.807) is 0 Å². The van der Waals surface area contributed by atoms with Crippen molar-refractivity contribution in [2.45, 2.75) is 55.7 Å². The van der Waals surface area contributed by atoms with Gasteiger partial charge in [-0.05, 0) is 49.2 Å². The first-order chi connectivity index (χ1) is 10.3. The van der Waals surface area contributed by atoms with Crippen molar-refractivity contribution in [2.24, 2.45) is 0 Å². The van der Waals surface area contributed by atoms with Gasteiger partial charge in [-0.2, -0.15) is 11.8 Å². The number of benzene rings is 1. The first kappa shape index (κ1) is 14.1. The van der Waals surface area contributed by atoms with Gasteiger partial charge in [0, 0.05) is 24.6 Å². The lowest BCUT2D eigenvalue weighted by molar-refractivity contribution is -0.0933. The first-order valence-electron chi connectivity index (χ1n) is 8.37. The fourth-order valence-corrected chi connectivity index (χ4v) is 5.25. The summed E-state index contributed by atoms with van der Waals surface area (Å²) >= 11 is 2.09. The smallest absolute Gasteiger partial charge is 0.0713 e. The van der Waals surface area contributed by atoms with E-state index < -0.39 is 0 Å². The molecule has 21 heavy (non-hydrogen) atoms. The second-order valence-electron chi connectivity index (χ2n) is 6.86. The minimum Gasteiger partial charge on any atom is -0.375 e. The lowest BCUT2D eigenvalue weighted by atomic mass is 9.85. The summed E-state index contributed by atoms with van der Waals surface area (Å²) in [4.78, 5) is 0. The normalized spacial score (nSPS) is 34.8. The van der Waals surface area contributed by atoms with E-state index in [-0.39, 0.29) is 5.60 Å². The van der Waals surface area contributed by atoms with Crippen LogP contribution < -0.4 is 5.32 Å². The Balaban J connectivity index is 1.33. The maximum absolute atomic E-state index is 6.20. The van der Waals surface area contributed by atoms with E-state index in [9.17, 15) is 0 Å². The van der Waals surface area contributed by atoms with E-state index in [2.05, 4.69) is 47.4 Å². The van der Waals surface area contributed by atoms with Crippen LogP contribution >= 0.6 is 11.8 Å². The predicted molar refractivity (Wildman–Crippen MR) is 89.0 cm³/mol. The molecule has 0 bridgehead atoms. The molecule has 3 atom stereocenters. The summed E-state index contributed by atoms with van der Waals surface area (Å²) in [5, 5.41) is 3.93. The Bertz CT molecular complexity index is 466. The van der Waals surface area contributed by atoms with Crippen molar-refractivity contribution in [1.82, 2.24) is 5.32 Å². The lowest BCUT2D eigenvalue weighted by Crippen LogP contribution is -2.49. The summed E-state index contributed by atoms with van der Waals surface area (Å²) in [6, 6.07) is 12.3. The minimum absolute atomic E-state index is 0.207. The number of nitrogens with one attached hydrogen (secondary N) is 1. The Kier molecular flexibility index (Phi) is 3.99. The summed E-state index contributed by atoms with van der Waals surface area (Å²) in [6.07, 6.45) is 6.23. The summed E-state index contributed by atoms with van der Waals surface area (Å²) in [5.74, 6) is 3.30. The van der Waals surface area contributed by atoms with Gasteiger partial charge < -0.3 is 10.1 Å². The molecule has 114 valence electrons. The number of ether oxygens (including phenoxy) is 1. The van der Waals surface area contributed by atoms with Crippen molar-refractivity contribution in [2.75, 3.05) is 18.1 Å². The molecule has 2 aliphatic heterocycles. The molecule has 3 unspecified atom stereocenters. The molecule has 1 aliphatic carbocycles. The highest BCUT2D eigenvalue weighted by atomic mass is 32.2. The van der Waals surface area contributed by atoms with Crippen LogP contribution in [0.1, 0.15) is 43.6 Å². The Morgan fingerprint density at radius 1 is 1.14 bits per heavy atom.